The summed E-state index contributed by atoms with van der Waals surface area (Å²) in [5.41, 5.74) is 7.25. The topological polar surface area (TPSA) is 30.3 Å². The highest BCUT2D eigenvalue weighted by Gasteiger charge is 2.22. The lowest BCUT2D eigenvalue weighted by Crippen LogP contribution is -2.34. The lowest BCUT2D eigenvalue weighted by atomic mass is 9.96. The number of hydrogen-bond acceptors (Lipinski definition) is 5. The molecule has 4 rings (SSSR count). The van der Waals surface area contributed by atoms with Crippen LogP contribution >= 0.6 is 36.2 Å². The minimum absolute atomic E-state index is 0.261. The first kappa shape index (κ1) is 20.1. The predicted octanol–water partition coefficient (Wildman–Crippen LogP) is 5.05. The lowest BCUT2D eigenvalue weighted by molar-refractivity contribution is 0.248. The van der Waals surface area contributed by atoms with Crippen molar-refractivity contribution in [2.45, 2.75) is 44.0 Å². The Bertz CT molecular complexity index is 923. The Morgan fingerprint density at radius 2 is 2.00 bits per heavy atom. The van der Waals surface area contributed by atoms with Crippen LogP contribution in [-0.4, -0.2) is 27.7 Å². The summed E-state index contributed by atoms with van der Waals surface area (Å²) in [7, 11) is 0. The Hall–Kier alpha value is -1.16. The van der Waals surface area contributed by atoms with Gasteiger partial charge < -0.3 is 0 Å². The van der Waals surface area contributed by atoms with Crippen LogP contribution < -0.4 is 0 Å². The quantitative estimate of drug-likeness (QED) is 0.544. The zero-order valence-electron chi connectivity index (χ0n) is 16.0. The SMILES string of the molecule is CC(S)N1CCc2c(Cl)cc(CSN3CCc4c(C#N)cccc4C3)cc2C1. The molecule has 6 heteroatoms. The summed E-state index contributed by atoms with van der Waals surface area (Å²) < 4.78 is 2.40. The van der Waals surface area contributed by atoms with Crippen LogP contribution in [0.5, 0.6) is 0 Å². The largest absolute Gasteiger partial charge is 0.287 e. The Kier molecular flexibility index (Phi) is 6.24. The summed E-state index contributed by atoms with van der Waals surface area (Å²) in [6, 6.07) is 12.8. The first-order chi connectivity index (χ1) is 13.5. The molecule has 0 bridgehead atoms. The first-order valence-corrected chi connectivity index (χ1v) is 11.5. The van der Waals surface area contributed by atoms with Crippen molar-refractivity contribution in [3.05, 3.63) is 68.7 Å². The summed E-state index contributed by atoms with van der Waals surface area (Å²) in [6.07, 6.45) is 1.93. The van der Waals surface area contributed by atoms with Gasteiger partial charge in [-0.2, -0.15) is 17.9 Å². The number of thiol groups is 1. The molecule has 0 N–H and O–H groups in total. The van der Waals surface area contributed by atoms with Gasteiger partial charge in [-0.3, -0.25) is 4.90 Å². The molecule has 2 aliphatic rings. The second-order valence-corrected chi connectivity index (χ2v) is 9.73. The average molecular weight is 430 g/mol. The van der Waals surface area contributed by atoms with E-state index in [0.717, 1.165) is 55.4 Å². The Morgan fingerprint density at radius 3 is 2.79 bits per heavy atom. The summed E-state index contributed by atoms with van der Waals surface area (Å²) in [4.78, 5) is 2.38. The van der Waals surface area contributed by atoms with Gasteiger partial charge in [-0.25, -0.2) is 4.31 Å². The highest BCUT2D eigenvalue weighted by molar-refractivity contribution is 7.96. The van der Waals surface area contributed by atoms with E-state index in [1.807, 2.05) is 24.1 Å². The fraction of sp³-hybridized carbons (Fsp3) is 0.409. The molecule has 3 nitrogen and oxygen atoms in total. The van der Waals surface area contributed by atoms with Crippen LogP contribution in [0.1, 0.15) is 40.3 Å². The number of rotatable bonds is 4. The molecule has 2 heterocycles. The van der Waals surface area contributed by atoms with Crippen molar-refractivity contribution in [1.82, 2.24) is 9.21 Å². The van der Waals surface area contributed by atoms with E-state index in [2.05, 4.69) is 53.0 Å². The zero-order chi connectivity index (χ0) is 19.7. The van der Waals surface area contributed by atoms with Crippen molar-refractivity contribution in [3.63, 3.8) is 0 Å². The highest BCUT2D eigenvalue weighted by Crippen LogP contribution is 2.32. The van der Waals surface area contributed by atoms with E-state index in [-0.39, 0.29) is 5.37 Å². The fourth-order valence-electron chi connectivity index (χ4n) is 4.10. The van der Waals surface area contributed by atoms with Crippen molar-refractivity contribution in [2.24, 2.45) is 0 Å². The predicted molar refractivity (Wildman–Crippen MR) is 121 cm³/mol. The van der Waals surface area contributed by atoms with Crippen molar-refractivity contribution in [3.8, 4) is 6.07 Å². The van der Waals surface area contributed by atoms with E-state index < -0.39 is 0 Å². The van der Waals surface area contributed by atoms with Crippen LogP contribution in [0.25, 0.3) is 0 Å². The number of hydrogen-bond donors (Lipinski definition) is 1. The van der Waals surface area contributed by atoms with Gasteiger partial charge in [-0.15, -0.1) is 0 Å². The van der Waals surface area contributed by atoms with Gasteiger partial charge in [-0.05, 0) is 59.7 Å². The average Bonchev–Trinajstić information content (AvgIpc) is 2.71. The molecule has 0 saturated heterocycles. The van der Waals surface area contributed by atoms with Crippen LogP contribution in [0.15, 0.2) is 30.3 Å². The molecule has 2 aromatic carbocycles. The Labute approximate surface area is 182 Å². The van der Waals surface area contributed by atoms with Gasteiger partial charge in [0, 0.05) is 37.0 Å². The van der Waals surface area contributed by atoms with Crippen LogP contribution in [0.2, 0.25) is 5.02 Å². The molecule has 2 aliphatic heterocycles. The van der Waals surface area contributed by atoms with Crippen LogP contribution in [0, 0.1) is 11.3 Å². The molecule has 0 spiro atoms. The highest BCUT2D eigenvalue weighted by atomic mass is 35.5. The third kappa shape index (κ3) is 4.22. The first-order valence-electron chi connectivity index (χ1n) is 9.66. The molecule has 0 radical (unpaired) electrons. The van der Waals surface area contributed by atoms with Crippen molar-refractivity contribution in [2.75, 3.05) is 13.1 Å². The van der Waals surface area contributed by atoms with Crippen molar-refractivity contribution < 1.29 is 0 Å². The number of halogens is 1. The summed E-state index contributed by atoms with van der Waals surface area (Å²) in [6.45, 7) is 5.93. The molecule has 146 valence electrons. The lowest BCUT2D eigenvalue weighted by Gasteiger charge is -2.32. The number of fused-ring (bicyclic) bond motifs is 2. The van der Waals surface area contributed by atoms with Crippen LogP contribution in [-0.2, 0) is 31.7 Å². The van der Waals surface area contributed by atoms with E-state index in [1.54, 1.807) is 0 Å². The minimum Gasteiger partial charge on any atom is -0.287 e. The van der Waals surface area contributed by atoms with Gasteiger partial charge in [0.2, 0.25) is 0 Å². The molecule has 0 aliphatic carbocycles. The third-order valence-electron chi connectivity index (χ3n) is 5.66. The second kappa shape index (κ2) is 8.69. The van der Waals surface area contributed by atoms with Gasteiger partial charge in [0.25, 0.3) is 0 Å². The van der Waals surface area contributed by atoms with Gasteiger partial charge in [0.05, 0.1) is 17.0 Å². The smallest absolute Gasteiger partial charge is 0.0994 e. The maximum absolute atomic E-state index is 9.30. The van der Waals surface area contributed by atoms with E-state index in [0.29, 0.717) is 0 Å². The van der Waals surface area contributed by atoms with Gasteiger partial charge >= 0.3 is 0 Å². The van der Waals surface area contributed by atoms with Gasteiger partial charge in [0.1, 0.15) is 0 Å². The van der Waals surface area contributed by atoms with Gasteiger partial charge in [0.15, 0.2) is 0 Å². The number of benzene rings is 2. The standard InChI is InChI=1S/C22H24ClN3S2/c1-15(27)25-7-5-21-19(12-25)9-16(10-22(21)23)14-28-26-8-6-20-17(11-24)3-2-4-18(20)13-26/h2-4,9-10,15,27H,5-8,12-14H2,1H3. The Morgan fingerprint density at radius 1 is 1.18 bits per heavy atom. The fourth-order valence-corrected chi connectivity index (χ4v) is 5.60. The molecule has 0 fully saturated rings. The van der Waals surface area contributed by atoms with E-state index >= 15 is 0 Å². The molecule has 2 aromatic rings. The Balaban J connectivity index is 1.44. The monoisotopic (exact) mass is 429 g/mol. The zero-order valence-corrected chi connectivity index (χ0v) is 18.5. The summed E-state index contributed by atoms with van der Waals surface area (Å²) in [5, 5.41) is 10.5. The van der Waals surface area contributed by atoms with Crippen LogP contribution in [0.4, 0.5) is 0 Å². The molecule has 1 atom stereocenters. The molecule has 0 saturated carbocycles. The van der Waals surface area contributed by atoms with Crippen molar-refractivity contribution in [1.29, 1.82) is 5.26 Å². The van der Waals surface area contributed by atoms with Crippen LogP contribution in [0.3, 0.4) is 0 Å². The normalized spacial score (nSPS) is 18.2. The van der Waals surface area contributed by atoms with E-state index in [1.165, 1.54) is 27.8 Å². The third-order valence-corrected chi connectivity index (χ3v) is 7.47. The van der Waals surface area contributed by atoms with E-state index in [9.17, 15) is 5.26 Å². The maximum atomic E-state index is 9.30. The molecule has 1 unspecified atom stereocenters. The minimum atomic E-state index is 0.261. The van der Waals surface area contributed by atoms with E-state index in [4.69, 9.17) is 11.6 Å². The molecular weight excluding hydrogens is 406 g/mol. The molecule has 28 heavy (non-hydrogen) atoms. The van der Waals surface area contributed by atoms with Crippen molar-refractivity contribution >= 4 is 36.2 Å². The summed E-state index contributed by atoms with van der Waals surface area (Å²) >= 11 is 13.1. The maximum Gasteiger partial charge on any atom is 0.0994 e. The molecule has 0 amide bonds. The number of nitrogens with zero attached hydrogens (tertiary/aromatic N) is 3. The molecule has 0 aromatic heterocycles. The summed E-state index contributed by atoms with van der Waals surface area (Å²) in [5.74, 6) is 0.913. The number of nitriles is 1. The van der Waals surface area contributed by atoms with Gasteiger partial charge in [-0.1, -0.05) is 41.7 Å². The molecular formula is C22H24ClN3S2. The second-order valence-electron chi connectivity index (χ2n) is 7.51.